The number of carbonyl (C=O) groups is 1. The molecule has 1 saturated heterocycles. The van der Waals surface area contributed by atoms with Gasteiger partial charge in [0, 0.05) is 30.4 Å². The Kier molecular flexibility index (Phi) is 3.80. The molecule has 3 rings (SSSR count). The molecule has 2 aliphatic rings. The zero-order valence-corrected chi connectivity index (χ0v) is 13.2. The summed E-state index contributed by atoms with van der Waals surface area (Å²) in [4.78, 5) is 30.1. The van der Waals surface area contributed by atoms with Crippen molar-refractivity contribution in [3.8, 4) is 0 Å². The number of likely N-dealkylation sites (tertiary alicyclic amines) is 1. The molecule has 1 aromatic heterocycles. The number of amides is 1. The molecule has 6 heteroatoms. The number of hydrogen-bond acceptors (Lipinski definition) is 4. The smallest absolute Gasteiger partial charge is 0.348 e. The van der Waals surface area contributed by atoms with Crippen LogP contribution in [-0.2, 0) is 11.3 Å². The lowest BCUT2D eigenvalue weighted by atomic mass is 9.90. The van der Waals surface area contributed by atoms with E-state index in [0.29, 0.717) is 18.8 Å². The molecule has 22 heavy (non-hydrogen) atoms. The van der Waals surface area contributed by atoms with Crippen molar-refractivity contribution < 1.29 is 9.90 Å². The number of rotatable bonds is 3. The number of aromatic nitrogens is 2. The number of aliphatic hydroxyl groups is 1. The van der Waals surface area contributed by atoms with E-state index >= 15 is 0 Å². The van der Waals surface area contributed by atoms with Crippen LogP contribution in [0.1, 0.15) is 37.1 Å². The summed E-state index contributed by atoms with van der Waals surface area (Å²) in [6.45, 7) is 4.92. The highest BCUT2D eigenvalue weighted by Crippen LogP contribution is 2.45. The summed E-state index contributed by atoms with van der Waals surface area (Å²) in [5.74, 6) is 0.115. The molecule has 1 amide bonds. The molecule has 1 aliphatic carbocycles. The summed E-state index contributed by atoms with van der Waals surface area (Å²) in [5, 5.41) is 10.3. The van der Waals surface area contributed by atoms with Crippen LogP contribution >= 0.6 is 0 Å². The van der Waals surface area contributed by atoms with Crippen molar-refractivity contribution in [1.82, 2.24) is 14.5 Å². The lowest BCUT2D eigenvalue weighted by Crippen LogP contribution is -2.46. The van der Waals surface area contributed by atoms with Gasteiger partial charge in [-0.1, -0.05) is 0 Å². The van der Waals surface area contributed by atoms with Crippen molar-refractivity contribution in [2.24, 2.45) is 5.92 Å². The minimum Gasteiger partial charge on any atom is -0.390 e. The predicted octanol–water partition coefficient (Wildman–Crippen LogP) is 0.624. The van der Waals surface area contributed by atoms with E-state index in [2.05, 4.69) is 4.98 Å². The van der Waals surface area contributed by atoms with E-state index in [-0.39, 0.29) is 24.1 Å². The molecule has 1 N–H and O–H groups in total. The highest BCUT2D eigenvalue weighted by Gasteiger charge is 2.48. The van der Waals surface area contributed by atoms with E-state index in [1.54, 1.807) is 17.9 Å². The molecule has 0 bridgehead atoms. The molecule has 1 saturated carbocycles. The maximum atomic E-state index is 12.5. The molecule has 1 atom stereocenters. The minimum absolute atomic E-state index is 0.0308. The quantitative estimate of drug-likeness (QED) is 0.888. The van der Waals surface area contributed by atoms with E-state index in [4.69, 9.17) is 0 Å². The zero-order valence-electron chi connectivity index (χ0n) is 13.2. The van der Waals surface area contributed by atoms with Crippen LogP contribution in [0.5, 0.6) is 0 Å². The molecule has 1 aromatic rings. The molecule has 2 heterocycles. The van der Waals surface area contributed by atoms with Crippen LogP contribution in [0.3, 0.4) is 0 Å². The molecule has 6 nitrogen and oxygen atoms in total. The third-order valence-electron chi connectivity index (χ3n) is 4.94. The zero-order chi connectivity index (χ0) is 15.9. The number of piperidine rings is 1. The van der Waals surface area contributed by atoms with Gasteiger partial charge in [0.2, 0.25) is 5.91 Å². The van der Waals surface area contributed by atoms with E-state index in [9.17, 15) is 14.7 Å². The first-order valence-corrected chi connectivity index (χ1v) is 7.94. The van der Waals surface area contributed by atoms with Crippen LogP contribution in [0.2, 0.25) is 0 Å². The van der Waals surface area contributed by atoms with Gasteiger partial charge in [0.05, 0.1) is 5.60 Å². The summed E-state index contributed by atoms with van der Waals surface area (Å²) in [7, 11) is 0. The summed E-state index contributed by atoms with van der Waals surface area (Å²) in [5.41, 5.74) is 0.498. The fraction of sp³-hybridized carbons (Fsp3) is 0.688. The summed E-state index contributed by atoms with van der Waals surface area (Å²) in [6.07, 6.45) is 3.59. The maximum absolute atomic E-state index is 12.5. The minimum atomic E-state index is -0.545. The first-order valence-electron chi connectivity index (χ1n) is 7.94. The van der Waals surface area contributed by atoms with Gasteiger partial charge in [-0.2, -0.15) is 4.98 Å². The van der Waals surface area contributed by atoms with Crippen LogP contribution in [0, 0.1) is 19.8 Å². The highest BCUT2D eigenvalue weighted by atomic mass is 16.3. The van der Waals surface area contributed by atoms with Gasteiger partial charge in [0.15, 0.2) is 0 Å². The molecular formula is C16H23N3O3. The van der Waals surface area contributed by atoms with Crippen molar-refractivity contribution in [2.45, 2.75) is 51.7 Å². The Balaban J connectivity index is 1.71. The van der Waals surface area contributed by atoms with Crippen molar-refractivity contribution in [3.63, 3.8) is 0 Å². The van der Waals surface area contributed by atoms with Gasteiger partial charge >= 0.3 is 5.69 Å². The highest BCUT2D eigenvalue weighted by molar-refractivity contribution is 5.76. The second-order valence-corrected chi connectivity index (χ2v) is 6.69. The van der Waals surface area contributed by atoms with Crippen molar-refractivity contribution >= 4 is 5.91 Å². The molecule has 120 valence electrons. The average Bonchev–Trinajstić information content (AvgIpc) is 3.22. The maximum Gasteiger partial charge on any atom is 0.348 e. The molecular weight excluding hydrogens is 282 g/mol. The van der Waals surface area contributed by atoms with Gasteiger partial charge < -0.3 is 10.0 Å². The van der Waals surface area contributed by atoms with Gasteiger partial charge in [-0.15, -0.1) is 0 Å². The fourth-order valence-corrected chi connectivity index (χ4v) is 3.38. The molecule has 0 aromatic carbocycles. The molecule has 0 radical (unpaired) electrons. The van der Waals surface area contributed by atoms with Crippen LogP contribution in [0.4, 0.5) is 0 Å². The Hall–Kier alpha value is -1.69. The lowest BCUT2D eigenvalue weighted by Gasteiger charge is -2.35. The van der Waals surface area contributed by atoms with Crippen LogP contribution < -0.4 is 5.69 Å². The third-order valence-corrected chi connectivity index (χ3v) is 4.94. The average molecular weight is 305 g/mol. The number of nitrogens with zero attached hydrogens (tertiary/aromatic N) is 3. The molecule has 0 spiro atoms. The monoisotopic (exact) mass is 305 g/mol. The topological polar surface area (TPSA) is 75.4 Å². The van der Waals surface area contributed by atoms with Crippen molar-refractivity contribution in [1.29, 1.82) is 0 Å². The van der Waals surface area contributed by atoms with Gasteiger partial charge in [-0.3, -0.25) is 9.36 Å². The number of hydrogen-bond donors (Lipinski definition) is 1. The summed E-state index contributed by atoms with van der Waals surface area (Å²) < 4.78 is 1.42. The second kappa shape index (κ2) is 5.50. The molecule has 1 unspecified atom stereocenters. The normalized spacial score (nSPS) is 23.4. The van der Waals surface area contributed by atoms with Crippen molar-refractivity contribution in [2.75, 3.05) is 13.1 Å². The van der Waals surface area contributed by atoms with Gasteiger partial charge in [0.25, 0.3) is 0 Å². The largest absolute Gasteiger partial charge is 0.390 e. The Bertz CT molecular complexity index is 649. The van der Waals surface area contributed by atoms with Crippen LogP contribution in [-0.4, -0.2) is 44.2 Å². The lowest BCUT2D eigenvalue weighted by molar-refractivity contribution is -0.135. The van der Waals surface area contributed by atoms with Gasteiger partial charge in [-0.25, -0.2) is 4.79 Å². The first kappa shape index (κ1) is 15.2. The van der Waals surface area contributed by atoms with E-state index in [1.807, 2.05) is 6.92 Å². The Labute approximate surface area is 129 Å². The SMILES string of the molecule is Cc1cc(C)n(CC(=O)N2CCCC(C3(O)CC3)C2)c(=O)n1. The van der Waals surface area contributed by atoms with Crippen LogP contribution in [0.25, 0.3) is 0 Å². The van der Waals surface area contributed by atoms with Gasteiger partial charge in [0.1, 0.15) is 6.54 Å². The Morgan fingerprint density at radius 2 is 2.18 bits per heavy atom. The Morgan fingerprint density at radius 3 is 2.82 bits per heavy atom. The second-order valence-electron chi connectivity index (χ2n) is 6.69. The van der Waals surface area contributed by atoms with E-state index in [1.165, 1.54) is 4.57 Å². The molecule has 2 fully saturated rings. The summed E-state index contributed by atoms with van der Waals surface area (Å²) in [6, 6.07) is 1.81. The summed E-state index contributed by atoms with van der Waals surface area (Å²) >= 11 is 0. The standard InChI is InChI=1S/C16H23N3O3/c1-11-8-12(2)19(15(21)17-11)10-14(20)18-7-3-4-13(9-18)16(22)5-6-16/h8,13,22H,3-7,9-10H2,1-2H3. The first-order chi connectivity index (χ1) is 10.4. The van der Waals surface area contributed by atoms with E-state index < -0.39 is 5.60 Å². The van der Waals surface area contributed by atoms with E-state index in [0.717, 1.165) is 31.4 Å². The van der Waals surface area contributed by atoms with Crippen LogP contribution in [0.15, 0.2) is 10.9 Å². The Morgan fingerprint density at radius 1 is 1.45 bits per heavy atom. The van der Waals surface area contributed by atoms with Gasteiger partial charge in [-0.05, 0) is 45.6 Å². The predicted molar refractivity (Wildman–Crippen MR) is 81.5 cm³/mol. The molecule has 1 aliphatic heterocycles. The fourth-order valence-electron chi connectivity index (χ4n) is 3.38. The third kappa shape index (κ3) is 2.92. The van der Waals surface area contributed by atoms with Crippen molar-refractivity contribution in [3.05, 3.63) is 27.9 Å². The number of aryl methyl sites for hydroxylation is 2. The number of carbonyl (C=O) groups excluding carboxylic acids is 1.